The number of aromatic nitrogens is 1. The summed E-state index contributed by atoms with van der Waals surface area (Å²) >= 11 is 1.53. The molecule has 25 heavy (non-hydrogen) atoms. The maximum absolute atomic E-state index is 12.7. The minimum atomic E-state index is -2.40. The van der Waals surface area contributed by atoms with E-state index in [1.54, 1.807) is 11.0 Å². The zero-order valence-corrected chi connectivity index (χ0v) is 14.1. The quantitative estimate of drug-likeness (QED) is 0.761. The standard InChI is InChI=1S/C18H16F2N2O2S/c19-16(20)10-22-5-6-24-17-12(9-22)7-11(8-14(17)23)18-21-13-3-1-2-4-15(13)25-18/h1-4,7-8,16,23H,5-6,9-10H2. The summed E-state index contributed by atoms with van der Waals surface area (Å²) in [4.78, 5) is 6.23. The third-order valence-electron chi connectivity index (χ3n) is 4.13. The number of phenols is 1. The van der Waals surface area contributed by atoms with E-state index in [2.05, 4.69) is 4.98 Å². The van der Waals surface area contributed by atoms with Crippen LogP contribution in [-0.4, -0.2) is 41.1 Å². The Morgan fingerprint density at radius 2 is 2.12 bits per heavy atom. The predicted octanol–water partition coefficient (Wildman–Crippen LogP) is 4.13. The highest BCUT2D eigenvalue weighted by molar-refractivity contribution is 7.21. The van der Waals surface area contributed by atoms with E-state index in [4.69, 9.17) is 4.74 Å². The molecule has 0 unspecified atom stereocenters. The first-order valence-corrected chi connectivity index (χ1v) is 8.77. The van der Waals surface area contributed by atoms with E-state index < -0.39 is 6.43 Å². The molecule has 0 amide bonds. The number of hydrogen-bond donors (Lipinski definition) is 1. The molecule has 7 heteroatoms. The number of phenolic OH excluding ortho intramolecular Hbond substituents is 1. The Kier molecular flexibility index (Phi) is 4.27. The zero-order chi connectivity index (χ0) is 17.4. The average Bonchev–Trinajstić information content (AvgIpc) is 2.90. The van der Waals surface area contributed by atoms with Gasteiger partial charge in [0.2, 0.25) is 0 Å². The first-order chi connectivity index (χ1) is 12.1. The van der Waals surface area contributed by atoms with Gasteiger partial charge in [0.1, 0.15) is 11.6 Å². The Hall–Kier alpha value is -2.25. The second-order valence-corrected chi connectivity index (χ2v) is 6.98. The van der Waals surface area contributed by atoms with Crippen LogP contribution in [0.3, 0.4) is 0 Å². The second-order valence-electron chi connectivity index (χ2n) is 5.95. The van der Waals surface area contributed by atoms with Crippen LogP contribution < -0.4 is 4.74 Å². The normalized spacial score (nSPS) is 15.2. The minimum Gasteiger partial charge on any atom is -0.504 e. The molecule has 2 aromatic carbocycles. The smallest absolute Gasteiger partial charge is 0.251 e. The topological polar surface area (TPSA) is 45.6 Å². The molecule has 0 atom stereocenters. The van der Waals surface area contributed by atoms with Crippen molar-refractivity contribution in [1.29, 1.82) is 0 Å². The fourth-order valence-corrected chi connectivity index (χ4v) is 3.98. The maximum atomic E-state index is 12.7. The lowest BCUT2D eigenvalue weighted by molar-refractivity contribution is 0.0817. The number of ether oxygens (including phenoxy) is 1. The number of aromatic hydroxyl groups is 1. The highest BCUT2D eigenvalue weighted by Crippen LogP contribution is 2.39. The summed E-state index contributed by atoms with van der Waals surface area (Å²) in [5, 5.41) is 11.1. The number of benzene rings is 2. The van der Waals surface area contributed by atoms with Crippen LogP contribution in [0.2, 0.25) is 0 Å². The predicted molar refractivity (Wildman–Crippen MR) is 93.5 cm³/mol. The molecule has 1 aliphatic rings. The number of thiazole rings is 1. The maximum Gasteiger partial charge on any atom is 0.251 e. The van der Waals surface area contributed by atoms with Crippen LogP contribution >= 0.6 is 11.3 Å². The SMILES string of the molecule is Oc1cc(-c2nc3ccccc3s2)cc2c1OCCN(CC(F)F)C2. The van der Waals surface area contributed by atoms with Gasteiger partial charge < -0.3 is 9.84 Å². The molecule has 0 aliphatic carbocycles. The van der Waals surface area contributed by atoms with Gasteiger partial charge in [0.25, 0.3) is 6.43 Å². The molecule has 3 aromatic rings. The summed E-state index contributed by atoms with van der Waals surface area (Å²) < 4.78 is 32.1. The molecule has 0 spiro atoms. The summed E-state index contributed by atoms with van der Waals surface area (Å²) in [7, 11) is 0. The molecular weight excluding hydrogens is 346 g/mol. The van der Waals surface area contributed by atoms with Gasteiger partial charge in [0.15, 0.2) is 11.5 Å². The van der Waals surface area contributed by atoms with Crippen LogP contribution in [0.5, 0.6) is 11.5 Å². The lowest BCUT2D eigenvalue weighted by Gasteiger charge is -2.18. The van der Waals surface area contributed by atoms with Gasteiger partial charge in [-0.15, -0.1) is 11.3 Å². The van der Waals surface area contributed by atoms with Crippen molar-refractivity contribution in [3.05, 3.63) is 42.0 Å². The van der Waals surface area contributed by atoms with E-state index in [9.17, 15) is 13.9 Å². The van der Waals surface area contributed by atoms with Gasteiger partial charge in [-0.25, -0.2) is 13.8 Å². The van der Waals surface area contributed by atoms with Gasteiger partial charge in [-0.1, -0.05) is 12.1 Å². The molecule has 1 N–H and O–H groups in total. The Balaban J connectivity index is 1.73. The van der Waals surface area contributed by atoms with E-state index in [1.165, 1.54) is 11.3 Å². The minimum absolute atomic E-state index is 0.0191. The Morgan fingerprint density at radius 3 is 2.92 bits per heavy atom. The number of rotatable bonds is 3. The summed E-state index contributed by atoms with van der Waals surface area (Å²) in [6.45, 7) is 0.670. The third kappa shape index (κ3) is 3.29. The van der Waals surface area contributed by atoms with Crippen molar-refractivity contribution in [2.75, 3.05) is 19.7 Å². The van der Waals surface area contributed by atoms with Gasteiger partial charge in [0.05, 0.1) is 16.8 Å². The number of halogens is 2. The molecule has 4 nitrogen and oxygen atoms in total. The van der Waals surface area contributed by atoms with E-state index in [0.29, 0.717) is 24.4 Å². The Morgan fingerprint density at radius 1 is 1.28 bits per heavy atom. The molecule has 130 valence electrons. The molecule has 0 radical (unpaired) electrons. The molecule has 0 fully saturated rings. The number of hydrogen-bond acceptors (Lipinski definition) is 5. The van der Waals surface area contributed by atoms with Gasteiger partial charge >= 0.3 is 0 Å². The van der Waals surface area contributed by atoms with E-state index in [-0.39, 0.29) is 18.9 Å². The first kappa shape index (κ1) is 16.2. The van der Waals surface area contributed by atoms with Gasteiger partial charge in [0, 0.05) is 24.2 Å². The van der Waals surface area contributed by atoms with Crippen molar-refractivity contribution in [3.8, 4) is 22.1 Å². The van der Waals surface area contributed by atoms with E-state index in [0.717, 1.165) is 20.8 Å². The summed E-state index contributed by atoms with van der Waals surface area (Å²) in [6, 6.07) is 11.3. The molecule has 0 saturated carbocycles. The number of para-hydroxylation sites is 1. The number of fused-ring (bicyclic) bond motifs is 2. The first-order valence-electron chi connectivity index (χ1n) is 7.95. The largest absolute Gasteiger partial charge is 0.504 e. The lowest BCUT2D eigenvalue weighted by Crippen LogP contribution is -2.30. The van der Waals surface area contributed by atoms with Crippen molar-refractivity contribution < 1.29 is 18.6 Å². The van der Waals surface area contributed by atoms with Crippen LogP contribution in [0.25, 0.3) is 20.8 Å². The van der Waals surface area contributed by atoms with Gasteiger partial charge in [-0.05, 0) is 24.3 Å². The zero-order valence-electron chi connectivity index (χ0n) is 13.3. The molecule has 4 rings (SSSR count). The Labute approximate surface area is 147 Å². The molecule has 2 heterocycles. The summed E-state index contributed by atoms with van der Waals surface area (Å²) in [5.41, 5.74) is 2.36. The summed E-state index contributed by atoms with van der Waals surface area (Å²) in [6.07, 6.45) is -2.40. The van der Waals surface area contributed by atoms with Crippen molar-refractivity contribution >= 4 is 21.6 Å². The monoisotopic (exact) mass is 362 g/mol. The molecule has 1 aromatic heterocycles. The molecular formula is C18H16F2N2O2S. The van der Waals surface area contributed by atoms with Crippen LogP contribution in [0.1, 0.15) is 5.56 Å². The fourth-order valence-electron chi connectivity index (χ4n) is 3.02. The molecule has 0 bridgehead atoms. The van der Waals surface area contributed by atoms with Crippen molar-refractivity contribution in [2.45, 2.75) is 13.0 Å². The fraction of sp³-hybridized carbons (Fsp3) is 0.278. The van der Waals surface area contributed by atoms with Crippen molar-refractivity contribution in [1.82, 2.24) is 9.88 Å². The average molecular weight is 362 g/mol. The number of nitrogens with zero attached hydrogens (tertiary/aromatic N) is 2. The highest BCUT2D eigenvalue weighted by Gasteiger charge is 2.22. The van der Waals surface area contributed by atoms with E-state index >= 15 is 0 Å². The second kappa shape index (κ2) is 6.57. The molecule has 0 saturated heterocycles. The highest BCUT2D eigenvalue weighted by atomic mass is 32.1. The molecule has 1 aliphatic heterocycles. The van der Waals surface area contributed by atoms with Crippen LogP contribution in [-0.2, 0) is 6.54 Å². The van der Waals surface area contributed by atoms with Crippen LogP contribution in [0.4, 0.5) is 8.78 Å². The van der Waals surface area contributed by atoms with Crippen LogP contribution in [0.15, 0.2) is 36.4 Å². The van der Waals surface area contributed by atoms with E-state index in [1.807, 2.05) is 30.3 Å². The number of alkyl halides is 2. The Bertz CT molecular complexity index is 880. The van der Waals surface area contributed by atoms with Gasteiger partial charge in [-0.3, -0.25) is 4.90 Å². The van der Waals surface area contributed by atoms with Crippen molar-refractivity contribution in [2.24, 2.45) is 0 Å². The summed E-state index contributed by atoms with van der Waals surface area (Å²) in [5.74, 6) is 0.396. The van der Waals surface area contributed by atoms with Crippen LogP contribution in [0, 0.1) is 0 Å². The van der Waals surface area contributed by atoms with Gasteiger partial charge in [-0.2, -0.15) is 0 Å². The lowest BCUT2D eigenvalue weighted by atomic mass is 10.1. The van der Waals surface area contributed by atoms with Crippen molar-refractivity contribution in [3.63, 3.8) is 0 Å². The third-order valence-corrected chi connectivity index (χ3v) is 5.22.